The predicted octanol–water partition coefficient (Wildman–Crippen LogP) is 1.88. The van der Waals surface area contributed by atoms with Crippen molar-refractivity contribution in [3.63, 3.8) is 0 Å². The summed E-state index contributed by atoms with van der Waals surface area (Å²) in [6.07, 6.45) is 1.78. The van der Waals surface area contributed by atoms with E-state index in [1.165, 1.54) is 9.87 Å². The fourth-order valence-corrected chi connectivity index (χ4v) is 4.45. The molecule has 2 atom stereocenters. The highest BCUT2D eigenvalue weighted by atomic mass is 32.2. The molecule has 1 saturated heterocycles. The van der Waals surface area contributed by atoms with Crippen LogP contribution in [0.15, 0.2) is 35.3 Å². The highest BCUT2D eigenvalue weighted by molar-refractivity contribution is 7.89. The zero-order chi connectivity index (χ0) is 21.3. The summed E-state index contributed by atoms with van der Waals surface area (Å²) in [4.78, 5) is 7.15. The molecule has 8 heteroatoms. The number of hydrogen-bond donors (Lipinski definition) is 2. The van der Waals surface area contributed by atoms with Crippen molar-refractivity contribution in [2.45, 2.75) is 52.2 Å². The van der Waals surface area contributed by atoms with Gasteiger partial charge in [-0.2, -0.15) is 0 Å². The van der Waals surface area contributed by atoms with E-state index >= 15 is 0 Å². The number of nitrogens with one attached hydrogen (secondary N) is 2. The number of benzene rings is 1. The maximum absolute atomic E-state index is 11.8. The topological polar surface area (TPSA) is 77.0 Å². The third-order valence-corrected chi connectivity index (χ3v) is 7.22. The van der Waals surface area contributed by atoms with E-state index in [1.54, 1.807) is 14.0 Å². The second-order valence-corrected chi connectivity index (χ2v) is 10.0. The van der Waals surface area contributed by atoms with Gasteiger partial charge in [0.05, 0.1) is 5.75 Å². The third kappa shape index (κ3) is 7.60. The second kappa shape index (κ2) is 11.5. The number of aliphatic imine (C=N–C) groups is 1. The Morgan fingerprint density at radius 2 is 2.00 bits per heavy atom. The van der Waals surface area contributed by atoms with Crippen LogP contribution >= 0.6 is 0 Å². The lowest BCUT2D eigenvalue weighted by molar-refractivity contribution is 0.258. The molecule has 2 rings (SSSR count). The van der Waals surface area contributed by atoms with Gasteiger partial charge in [-0.15, -0.1) is 0 Å². The molecule has 1 aliphatic heterocycles. The Labute approximate surface area is 176 Å². The van der Waals surface area contributed by atoms with Gasteiger partial charge >= 0.3 is 0 Å². The first kappa shape index (κ1) is 23.6. The molecule has 1 heterocycles. The van der Waals surface area contributed by atoms with E-state index in [1.807, 2.05) is 0 Å². The molecule has 164 valence electrons. The zero-order valence-corrected chi connectivity index (χ0v) is 19.1. The maximum atomic E-state index is 11.8. The summed E-state index contributed by atoms with van der Waals surface area (Å²) < 4.78 is 25.0. The van der Waals surface area contributed by atoms with Crippen molar-refractivity contribution in [3.05, 3.63) is 35.9 Å². The highest BCUT2D eigenvalue weighted by Gasteiger charge is 2.29. The van der Waals surface area contributed by atoms with Gasteiger partial charge in [0.25, 0.3) is 0 Å². The fraction of sp³-hybridized carbons (Fsp3) is 0.667. The van der Waals surface area contributed by atoms with Gasteiger partial charge in [0.2, 0.25) is 10.0 Å². The lowest BCUT2D eigenvalue weighted by atomic mass is 10.2. The molecule has 0 saturated carbocycles. The van der Waals surface area contributed by atoms with Gasteiger partial charge in [-0.05, 0) is 39.2 Å². The van der Waals surface area contributed by atoms with Gasteiger partial charge in [0.15, 0.2) is 5.96 Å². The molecule has 1 aromatic carbocycles. The molecular formula is C21H37N5O2S. The molecule has 2 N–H and O–H groups in total. The number of sulfonamides is 1. The van der Waals surface area contributed by atoms with E-state index in [2.05, 4.69) is 64.7 Å². The Bertz CT molecular complexity index is 739. The standard InChI is InChI=1S/C21H37N5O2S/c1-5-22-21(23-13-10-14-25(4)29(27,28)6-2)24-20-15-18(3)26(17-20)16-19-11-8-7-9-12-19/h7-9,11-12,18,20H,5-6,10,13-17H2,1-4H3,(H2,22,23,24). The third-order valence-electron chi connectivity index (χ3n) is 5.36. The number of rotatable bonds is 10. The van der Waals surface area contributed by atoms with Crippen molar-refractivity contribution in [3.8, 4) is 0 Å². The minimum atomic E-state index is -3.12. The lowest BCUT2D eigenvalue weighted by Crippen LogP contribution is -2.44. The van der Waals surface area contributed by atoms with Crippen LogP contribution in [0.2, 0.25) is 0 Å². The first-order valence-corrected chi connectivity index (χ1v) is 12.2. The van der Waals surface area contributed by atoms with Crippen LogP contribution in [0, 0.1) is 0 Å². The Morgan fingerprint density at radius 1 is 1.28 bits per heavy atom. The van der Waals surface area contributed by atoms with Gasteiger partial charge in [-0.25, -0.2) is 12.7 Å². The zero-order valence-electron chi connectivity index (χ0n) is 18.3. The van der Waals surface area contributed by atoms with Crippen molar-refractivity contribution in [1.29, 1.82) is 0 Å². The Balaban J connectivity index is 1.84. The molecule has 2 unspecified atom stereocenters. The number of hydrogen-bond acceptors (Lipinski definition) is 4. The lowest BCUT2D eigenvalue weighted by Gasteiger charge is -2.21. The molecule has 1 aliphatic rings. The van der Waals surface area contributed by atoms with Gasteiger partial charge in [-0.1, -0.05) is 30.3 Å². The van der Waals surface area contributed by atoms with E-state index in [0.29, 0.717) is 31.6 Å². The molecule has 0 spiro atoms. The first-order valence-electron chi connectivity index (χ1n) is 10.6. The summed E-state index contributed by atoms with van der Waals surface area (Å²) in [5.41, 5.74) is 1.34. The number of guanidine groups is 1. The van der Waals surface area contributed by atoms with Crippen molar-refractivity contribution in [2.24, 2.45) is 4.99 Å². The molecule has 0 aromatic heterocycles. The molecule has 29 heavy (non-hydrogen) atoms. The predicted molar refractivity (Wildman–Crippen MR) is 121 cm³/mol. The van der Waals surface area contributed by atoms with Crippen LogP contribution in [0.25, 0.3) is 0 Å². The number of likely N-dealkylation sites (tertiary alicyclic amines) is 1. The fourth-order valence-electron chi connectivity index (χ4n) is 3.60. The summed E-state index contributed by atoms with van der Waals surface area (Å²) in [6, 6.07) is 11.5. The van der Waals surface area contributed by atoms with Crippen LogP contribution in [-0.2, 0) is 16.6 Å². The summed E-state index contributed by atoms with van der Waals surface area (Å²) in [6.45, 7) is 9.83. The average molecular weight is 424 g/mol. The van der Waals surface area contributed by atoms with Crippen molar-refractivity contribution in [1.82, 2.24) is 19.8 Å². The second-order valence-electron chi connectivity index (χ2n) is 7.68. The SMILES string of the molecule is CCNC(=NCCCN(C)S(=O)(=O)CC)NC1CC(C)N(Cc2ccccc2)C1. The van der Waals surface area contributed by atoms with E-state index in [9.17, 15) is 8.42 Å². The van der Waals surface area contributed by atoms with Crippen LogP contribution in [-0.4, -0.2) is 74.6 Å². The van der Waals surface area contributed by atoms with Crippen molar-refractivity contribution >= 4 is 16.0 Å². The monoisotopic (exact) mass is 423 g/mol. The van der Waals surface area contributed by atoms with E-state index in [0.717, 1.165) is 32.0 Å². The van der Waals surface area contributed by atoms with E-state index < -0.39 is 10.0 Å². The van der Waals surface area contributed by atoms with Crippen molar-refractivity contribution < 1.29 is 8.42 Å². The molecule has 7 nitrogen and oxygen atoms in total. The Morgan fingerprint density at radius 3 is 2.66 bits per heavy atom. The van der Waals surface area contributed by atoms with Crippen LogP contribution < -0.4 is 10.6 Å². The van der Waals surface area contributed by atoms with E-state index in [4.69, 9.17) is 0 Å². The molecule has 0 aliphatic carbocycles. The molecule has 0 radical (unpaired) electrons. The van der Waals surface area contributed by atoms with Crippen LogP contribution in [0.4, 0.5) is 0 Å². The summed E-state index contributed by atoms with van der Waals surface area (Å²) in [7, 11) is -1.49. The van der Waals surface area contributed by atoms with Gasteiger partial charge < -0.3 is 10.6 Å². The molecular weight excluding hydrogens is 386 g/mol. The minimum Gasteiger partial charge on any atom is -0.357 e. The average Bonchev–Trinajstić information content (AvgIpc) is 3.04. The van der Waals surface area contributed by atoms with E-state index in [-0.39, 0.29) is 5.75 Å². The normalized spacial score (nSPS) is 20.9. The van der Waals surface area contributed by atoms with Gasteiger partial charge in [-0.3, -0.25) is 9.89 Å². The van der Waals surface area contributed by atoms with Gasteiger partial charge in [0.1, 0.15) is 0 Å². The molecule has 1 aromatic rings. The first-order chi connectivity index (χ1) is 13.9. The Hall–Kier alpha value is -1.64. The summed E-state index contributed by atoms with van der Waals surface area (Å²) in [5, 5.41) is 6.86. The summed E-state index contributed by atoms with van der Waals surface area (Å²) in [5.74, 6) is 0.948. The molecule has 1 fully saturated rings. The van der Waals surface area contributed by atoms with Crippen LogP contribution in [0.3, 0.4) is 0 Å². The highest BCUT2D eigenvalue weighted by Crippen LogP contribution is 2.20. The Kier molecular flexibility index (Phi) is 9.39. The maximum Gasteiger partial charge on any atom is 0.213 e. The summed E-state index contributed by atoms with van der Waals surface area (Å²) >= 11 is 0. The van der Waals surface area contributed by atoms with Crippen molar-refractivity contribution in [2.75, 3.05) is 39.0 Å². The quantitative estimate of drug-likeness (QED) is 0.341. The largest absolute Gasteiger partial charge is 0.357 e. The smallest absolute Gasteiger partial charge is 0.213 e. The number of nitrogens with zero attached hydrogens (tertiary/aromatic N) is 3. The molecule has 0 bridgehead atoms. The van der Waals surface area contributed by atoms with Crippen LogP contribution in [0.5, 0.6) is 0 Å². The van der Waals surface area contributed by atoms with Gasteiger partial charge in [0, 0.05) is 51.9 Å². The minimum absolute atomic E-state index is 0.135. The molecule has 0 amide bonds. The van der Waals surface area contributed by atoms with Crippen LogP contribution in [0.1, 0.15) is 39.2 Å².